The van der Waals surface area contributed by atoms with Crippen molar-refractivity contribution in [3.8, 4) is 0 Å². The van der Waals surface area contributed by atoms with Crippen molar-refractivity contribution < 1.29 is 15.3 Å². The Balaban J connectivity index is 3.12. The van der Waals surface area contributed by atoms with Crippen molar-refractivity contribution in [1.82, 2.24) is 0 Å². The summed E-state index contributed by atoms with van der Waals surface area (Å²) in [5.74, 6) is 0. The summed E-state index contributed by atoms with van der Waals surface area (Å²) in [5, 5.41) is 27.6. The van der Waals surface area contributed by atoms with Crippen molar-refractivity contribution in [3.05, 3.63) is 12.7 Å². The lowest BCUT2D eigenvalue weighted by Crippen LogP contribution is -2.20. The van der Waals surface area contributed by atoms with Crippen molar-refractivity contribution >= 4 is 0 Å². The van der Waals surface area contributed by atoms with E-state index in [0.29, 0.717) is 6.42 Å². The molecule has 2 atom stereocenters. The van der Waals surface area contributed by atoms with E-state index in [1.807, 2.05) is 6.08 Å². The summed E-state index contributed by atoms with van der Waals surface area (Å²) in [6.07, 6.45) is 17.1. The quantitative estimate of drug-likeness (QED) is 0.276. The standard InChI is InChI=1S/C19H38O3/c1-2-3-4-5-6-7-8-9-10-11-12-13-14-15-18(21)16-19(22)17-20/h2,18-22H,1,3-17H2/t18-,19-/m1/s1. The molecule has 0 bridgehead atoms. The number of allylic oxidation sites excluding steroid dienone is 1. The van der Waals surface area contributed by atoms with Crippen molar-refractivity contribution in [2.24, 2.45) is 0 Å². The van der Waals surface area contributed by atoms with Crippen LogP contribution in [-0.4, -0.2) is 34.1 Å². The Kier molecular flexibility index (Phi) is 16.7. The van der Waals surface area contributed by atoms with Gasteiger partial charge in [0, 0.05) is 6.42 Å². The molecule has 3 nitrogen and oxygen atoms in total. The minimum absolute atomic E-state index is 0.259. The lowest BCUT2D eigenvalue weighted by atomic mass is 10.0. The fourth-order valence-corrected chi connectivity index (χ4v) is 2.77. The minimum atomic E-state index is -0.772. The van der Waals surface area contributed by atoms with E-state index in [9.17, 15) is 10.2 Å². The second-order valence-corrected chi connectivity index (χ2v) is 6.48. The molecule has 0 aromatic carbocycles. The summed E-state index contributed by atoms with van der Waals surface area (Å²) in [6.45, 7) is 3.48. The Morgan fingerprint density at radius 3 is 1.59 bits per heavy atom. The maximum absolute atomic E-state index is 9.65. The van der Waals surface area contributed by atoms with E-state index in [4.69, 9.17) is 5.11 Å². The number of hydrogen-bond acceptors (Lipinski definition) is 3. The zero-order chi connectivity index (χ0) is 16.5. The van der Waals surface area contributed by atoms with Crippen LogP contribution in [0.5, 0.6) is 0 Å². The lowest BCUT2D eigenvalue weighted by molar-refractivity contribution is 0.0380. The molecule has 22 heavy (non-hydrogen) atoms. The third-order valence-corrected chi connectivity index (χ3v) is 4.20. The number of aliphatic hydroxyl groups is 3. The molecule has 132 valence electrons. The van der Waals surface area contributed by atoms with Crippen molar-refractivity contribution in [1.29, 1.82) is 0 Å². The van der Waals surface area contributed by atoms with Gasteiger partial charge < -0.3 is 15.3 Å². The summed E-state index contributed by atoms with van der Waals surface area (Å²) >= 11 is 0. The van der Waals surface area contributed by atoms with Gasteiger partial charge in [0.2, 0.25) is 0 Å². The third kappa shape index (κ3) is 16.0. The SMILES string of the molecule is C=CCCCCCCCCCCCCC[C@@H](O)C[C@@H](O)CO. The van der Waals surface area contributed by atoms with Crippen LogP contribution in [0.1, 0.15) is 89.9 Å². The highest BCUT2D eigenvalue weighted by Gasteiger charge is 2.10. The maximum atomic E-state index is 9.65. The number of aliphatic hydroxyl groups excluding tert-OH is 3. The molecule has 0 unspecified atom stereocenters. The molecule has 0 aliphatic rings. The fraction of sp³-hybridized carbons (Fsp3) is 0.895. The van der Waals surface area contributed by atoms with Gasteiger partial charge in [-0.1, -0.05) is 70.3 Å². The largest absolute Gasteiger partial charge is 0.394 e. The van der Waals surface area contributed by atoms with E-state index in [1.165, 1.54) is 57.8 Å². The van der Waals surface area contributed by atoms with Crippen LogP contribution in [0.25, 0.3) is 0 Å². The third-order valence-electron chi connectivity index (χ3n) is 4.20. The summed E-state index contributed by atoms with van der Waals surface area (Å²) in [5.41, 5.74) is 0. The first-order chi connectivity index (χ1) is 10.7. The molecule has 0 rings (SSSR count). The van der Waals surface area contributed by atoms with Crippen LogP contribution in [0.3, 0.4) is 0 Å². The molecule has 0 amide bonds. The lowest BCUT2D eigenvalue weighted by Gasteiger charge is -2.13. The summed E-state index contributed by atoms with van der Waals surface area (Å²) < 4.78 is 0. The molecular weight excluding hydrogens is 276 g/mol. The molecule has 0 radical (unpaired) electrons. The Bertz CT molecular complexity index is 231. The average Bonchev–Trinajstić information content (AvgIpc) is 2.51. The highest BCUT2D eigenvalue weighted by atomic mass is 16.3. The van der Waals surface area contributed by atoms with E-state index in [2.05, 4.69) is 6.58 Å². The van der Waals surface area contributed by atoms with Crippen LogP contribution in [-0.2, 0) is 0 Å². The van der Waals surface area contributed by atoms with Gasteiger partial charge in [0.25, 0.3) is 0 Å². The summed E-state index contributed by atoms with van der Waals surface area (Å²) in [7, 11) is 0. The fourth-order valence-electron chi connectivity index (χ4n) is 2.77. The molecule has 0 aromatic heterocycles. The van der Waals surface area contributed by atoms with Crippen molar-refractivity contribution in [3.63, 3.8) is 0 Å². The van der Waals surface area contributed by atoms with Gasteiger partial charge in [-0.05, 0) is 19.3 Å². The van der Waals surface area contributed by atoms with E-state index < -0.39 is 12.2 Å². The van der Waals surface area contributed by atoms with Crippen LogP contribution >= 0.6 is 0 Å². The van der Waals surface area contributed by atoms with Crippen LogP contribution in [0.4, 0.5) is 0 Å². The topological polar surface area (TPSA) is 60.7 Å². The number of rotatable bonds is 17. The first-order valence-corrected chi connectivity index (χ1v) is 9.28. The molecule has 0 fully saturated rings. The molecule has 0 aromatic rings. The van der Waals surface area contributed by atoms with Gasteiger partial charge in [0.1, 0.15) is 0 Å². The molecular formula is C19H38O3. The van der Waals surface area contributed by atoms with E-state index >= 15 is 0 Å². The normalized spacial score (nSPS) is 14.0. The predicted octanol–water partition coefficient (Wildman–Crippen LogP) is 4.35. The summed E-state index contributed by atoms with van der Waals surface area (Å²) in [6, 6.07) is 0. The zero-order valence-electron chi connectivity index (χ0n) is 14.4. The Hall–Kier alpha value is -0.380. The van der Waals surface area contributed by atoms with Gasteiger partial charge in [-0.25, -0.2) is 0 Å². The molecule has 0 heterocycles. The van der Waals surface area contributed by atoms with Gasteiger partial charge in [-0.3, -0.25) is 0 Å². The Morgan fingerprint density at radius 2 is 1.14 bits per heavy atom. The number of unbranched alkanes of at least 4 members (excludes halogenated alkanes) is 11. The smallest absolute Gasteiger partial charge is 0.0795 e. The maximum Gasteiger partial charge on any atom is 0.0795 e. The van der Waals surface area contributed by atoms with Crippen molar-refractivity contribution in [2.75, 3.05) is 6.61 Å². The first kappa shape index (κ1) is 21.6. The first-order valence-electron chi connectivity index (χ1n) is 9.28. The summed E-state index contributed by atoms with van der Waals surface area (Å²) in [4.78, 5) is 0. The molecule has 3 N–H and O–H groups in total. The zero-order valence-corrected chi connectivity index (χ0v) is 14.4. The molecule has 0 aliphatic carbocycles. The van der Waals surface area contributed by atoms with Gasteiger partial charge in [0.05, 0.1) is 18.8 Å². The van der Waals surface area contributed by atoms with Crippen LogP contribution in [0.2, 0.25) is 0 Å². The van der Waals surface area contributed by atoms with Gasteiger partial charge in [-0.15, -0.1) is 6.58 Å². The van der Waals surface area contributed by atoms with Crippen LogP contribution < -0.4 is 0 Å². The van der Waals surface area contributed by atoms with E-state index in [0.717, 1.165) is 25.7 Å². The average molecular weight is 315 g/mol. The van der Waals surface area contributed by atoms with Gasteiger partial charge in [-0.2, -0.15) is 0 Å². The molecule has 0 aliphatic heterocycles. The van der Waals surface area contributed by atoms with Crippen LogP contribution in [0.15, 0.2) is 12.7 Å². The molecule has 0 spiro atoms. The predicted molar refractivity (Wildman–Crippen MR) is 93.9 cm³/mol. The second-order valence-electron chi connectivity index (χ2n) is 6.48. The minimum Gasteiger partial charge on any atom is -0.394 e. The van der Waals surface area contributed by atoms with E-state index in [1.54, 1.807) is 0 Å². The molecule has 0 saturated carbocycles. The van der Waals surface area contributed by atoms with Crippen molar-refractivity contribution in [2.45, 2.75) is 102 Å². The molecule has 3 heteroatoms. The van der Waals surface area contributed by atoms with Gasteiger partial charge in [0.15, 0.2) is 0 Å². The number of hydrogen-bond donors (Lipinski definition) is 3. The Morgan fingerprint density at radius 1 is 0.682 bits per heavy atom. The monoisotopic (exact) mass is 314 g/mol. The van der Waals surface area contributed by atoms with E-state index in [-0.39, 0.29) is 6.61 Å². The highest BCUT2D eigenvalue weighted by Crippen LogP contribution is 2.14. The van der Waals surface area contributed by atoms with Crippen LogP contribution in [0, 0.1) is 0 Å². The van der Waals surface area contributed by atoms with Gasteiger partial charge >= 0.3 is 0 Å². The second kappa shape index (κ2) is 17.0. The Labute approximate surface area is 137 Å². The highest BCUT2D eigenvalue weighted by molar-refractivity contribution is 4.65. The molecule has 0 saturated heterocycles.